The van der Waals surface area contributed by atoms with E-state index in [-0.39, 0.29) is 5.82 Å². The number of halogens is 1. The van der Waals surface area contributed by atoms with Crippen molar-refractivity contribution in [3.63, 3.8) is 0 Å². The van der Waals surface area contributed by atoms with Crippen LogP contribution in [0.1, 0.15) is 34.9 Å². The lowest BCUT2D eigenvalue weighted by atomic mass is 9.96. The van der Waals surface area contributed by atoms with Gasteiger partial charge in [0.05, 0.1) is 11.4 Å². The number of nitrogens with one attached hydrogen (secondary N) is 1. The summed E-state index contributed by atoms with van der Waals surface area (Å²) in [7, 11) is 0. The molecule has 3 aromatic rings. The zero-order chi connectivity index (χ0) is 18.8. The summed E-state index contributed by atoms with van der Waals surface area (Å²) < 4.78 is 15.1. The van der Waals surface area contributed by atoms with Crippen LogP contribution < -0.4 is 5.32 Å². The lowest BCUT2D eigenvalue weighted by Gasteiger charge is -2.15. The number of aryl methyl sites for hydroxylation is 1. The maximum atomic E-state index is 13.0. The number of hydrogen-bond acceptors (Lipinski definition) is 2. The van der Waals surface area contributed by atoms with Crippen LogP contribution in [0, 0.1) is 19.7 Å². The summed E-state index contributed by atoms with van der Waals surface area (Å²) in [5.41, 5.74) is 5.80. The number of aromatic nitrogens is 2. The van der Waals surface area contributed by atoms with Crippen molar-refractivity contribution in [2.24, 2.45) is 0 Å². The van der Waals surface area contributed by atoms with Crippen molar-refractivity contribution in [2.75, 3.05) is 0 Å². The molecule has 2 aromatic carbocycles. The molecule has 0 unspecified atom stereocenters. The summed E-state index contributed by atoms with van der Waals surface area (Å²) in [6, 6.07) is 17.3. The zero-order valence-electron chi connectivity index (χ0n) is 15.7. The molecule has 2 atom stereocenters. The molecule has 0 radical (unpaired) electrons. The summed E-state index contributed by atoms with van der Waals surface area (Å²) in [6.07, 6.45) is 5.55. The molecule has 1 aromatic heterocycles. The van der Waals surface area contributed by atoms with Crippen molar-refractivity contribution in [3.8, 4) is 5.69 Å². The topological polar surface area (TPSA) is 29.9 Å². The van der Waals surface area contributed by atoms with Crippen molar-refractivity contribution in [3.05, 3.63) is 95.1 Å². The van der Waals surface area contributed by atoms with E-state index in [2.05, 4.69) is 43.4 Å². The fourth-order valence-corrected chi connectivity index (χ4v) is 3.93. The molecule has 3 nitrogen and oxygen atoms in total. The lowest BCUT2D eigenvalue weighted by molar-refractivity contribution is 0.558. The third-order valence-electron chi connectivity index (χ3n) is 5.28. The first-order valence-electron chi connectivity index (χ1n) is 9.39. The van der Waals surface area contributed by atoms with Gasteiger partial charge < -0.3 is 5.32 Å². The van der Waals surface area contributed by atoms with Gasteiger partial charge >= 0.3 is 0 Å². The zero-order valence-corrected chi connectivity index (χ0v) is 15.7. The van der Waals surface area contributed by atoms with Gasteiger partial charge in [-0.3, -0.25) is 0 Å². The molecule has 0 bridgehead atoms. The average molecular weight is 361 g/mol. The Morgan fingerprint density at radius 2 is 1.78 bits per heavy atom. The molecule has 1 N–H and O–H groups in total. The minimum absolute atomic E-state index is 0.194. The lowest BCUT2D eigenvalue weighted by Crippen LogP contribution is -2.25. The molecule has 1 aliphatic carbocycles. The number of nitrogens with zero attached hydrogens (tertiary/aromatic N) is 2. The standard InChI is InChI=1S/C23H24FN3/c1-16-23(17(2)27(26-16)22-6-4-3-5-7-22)19-10-13-21(14-19)25-15-18-8-11-20(24)12-9-18/h3-13,19,21,25H,14-15H2,1-2H3/t19-,21+/m0/s1. The van der Waals surface area contributed by atoms with Gasteiger partial charge in [0.25, 0.3) is 0 Å². The first-order valence-corrected chi connectivity index (χ1v) is 9.39. The number of rotatable bonds is 5. The molecule has 0 amide bonds. The van der Waals surface area contributed by atoms with Crippen molar-refractivity contribution in [1.82, 2.24) is 15.1 Å². The third kappa shape index (κ3) is 3.71. The van der Waals surface area contributed by atoms with Crippen LogP contribution in [-0.2, 0) is 6.54 Å². The summed E-state index contributed by atoms with van der Waals surface area (Å²) >= 11 is 0. The summed E-state index contributed by atoms with van der Waals surface area (Å²) in [5, 5.41) is 8.34. The monoisotopic (exact) mass is 361 g/mol. The number of benzene rings is 2. The fourth-order valence-electron chi connectivity index (χ4n) is 3.93. The van der Waals surface area contributed by atoms with Crippen LogP contribution in [-0.4, -0.2) is 15.8 Å². The second-order valence-corrected chi connectivity index (χ2v) is 7.17. The van der Waals surface area contributed by atoms with Crippen molar-refractivity contribution < 1.29 is 4.39 Å². The Morgan fingerprint density at radius 1 is 1.04 bits per heavy atom. The van der Waals surface area contributed by atoms with Gasteiger partial charge in [-0.25, -0.2) is 9.07 Å². The van der Waals surface area contributed by atoms with Crippen molar-refractivity contribution in [2.45, 2.75) is 38.8 Å². The van der Waals surface area contributed by atoms with E-state index in [4.69, 9.17) is 5.10 Å². The Bertz CT molecular complexity index is 942. The normalized spacial score (nSPS) is 18.9. The van der Waals surface area contributed by atoms with Gasteiger partial charge in [0.1, 0.15) is 5.82 Å². The highest BCUT2D eigenvalue weighted by Crippen LogP contribution is 2.34. The summed E-state index contributed by atoms with van der Waals surface area (Å²) in [4.78, 5) is 0. The molecular weight excluding hydrogens is 337 g/mol. The Balaban J connectivity index is 1.45. The Morgan fingerprint density at radius 3 is 2.52 bits per heavy atom. The minimum atomic E-state index is -0.194. The number of para-hydroxylation sites is 1. The first-order chi connectivity index (χ1) is 13.1. The van der Waals surface area contributed by atoms with Gasteiger partial charge in [-0.15, -0.1) is 0 Å². The highest BCUT2D eigenvalue weighted by Gasteiger charge is 2.25. The van der Waals surface area contributed by atoms with Crippen LogP contribution in [0.5, 0.6) is 0 Å². The van der Waals surface area contributed by atoms with Crippen LogP contribution in [0.25, 0.3) is 5.69 Å². The largest absolute Gasteiger partial charge is 0.306 e. The maximum Gasteiger partial charge on any atom is 0.123 e. The number of allylic oxidation sites excluding steroid dienone is 1. The quantitative estimate of drug-likeness (QED) is 0.660. The van der Waals surface area contributed by atoms with E-state index in [1.54, 1.807) is 0 Å². The van der Waals surface area contributed by atoms with E-state index in [1.807, 2.05) is 35.0 Å². The molecular formula is C23H24FN3. The number of hydrogen-bond donors (Lipinski definition) is 1. The molecule has 0 fully saturated rings. The van der Waals surface area contributed by atoms with Gasteiger partial charge in [-0.05, 0) is 50.1 Å². The SMILES string of the molecule is Cc1nn(-c2ccccc2)c(C)c1[C@H]1C=C[C@@H](NCc2ccc(F)cc2)C1. The summed E-state index contributed by atoms with van der Waals surface area (Å²) in [5.74, 6) is 0.175. The van der Waals surface area contributed by atoms with Gasteiger partial charge in [0.15, 0.2) is 0 Å². The fraction of sp³-hybridized carbons (Fsp3) is 0.261. The molecule has 4 rings (SSSR count). The molecule has 0 spiro atoms. The molecule has 138 valence electrons. The van der Waals surface area contributed by atoms with E-state index >= 15 is 0 Å². The van der Waals surface area contributed by atoms with E-state index in [1.165, 1.54) is 23.4 Å². The van der Waals surface area contributed by atoms with Crippen LogP contribution >= 0.6 is 0 Å². The Kier molecular flexibility index (Phi) is 4.90. The van der Waals surface area contributed by atoms with E-state index < -0.39 is 0 Å². The van der Waals surface area contributed by atoms with Gasteiger partial charge in [-0.1, -0.05) is 42.5 Å². The highest BCUT2D eigenvalue weighted by atomic mass is 19.1. The third-order valence-corrected chi connectivity index (χ3v) is 5.28. The Hall–Kier alpha value is -2.72. The van der Waals surface area contributed by atoms with E-state index in [0.29, 0.717) is 12.0 Å². The van der Waals surface area contributed by atoms with Crippen molar-refractivity contribution in [1.29, 1.82) is 0 Å². The highest BCUT2D eigenvalue weighted by molar-refractivity contribution is 5.41. The van der Waals surface area contributed by atoms with E-state index in [9.17, 15) is 4.39 Å². The molecule has 1 heterocycles. The average Bonchev–Trinajstić information content (AvgIpc) is 3.26. The molecule has 1 aliphatic rings. The molecule has 0 saturated carbocycles. The van der Waals surface area contributed by atoms with Crippen LogP contribution in [0.3, 0.4) is 0 Å². The summed E-state index contributed by atoms with van der Waals surface area (Å²) in [6.45, 7) is 4.98. The molecule has 0 saturated heterocycles. The smallest absolute Gasteiger partial charge is 0.123 e. The van der Waals surface area contributed by atoms with Crippen LogP contribution in [0.2, 0.25) is 0 Å². The maximum absolute atomic E-state index is 13.0. The van der Waals surface area contributed by atoms with Gasteiger partial charge in [-0.2, -0.15) is 5.10 Å². The van der Waals surface area contributed by atoms with E-state index in [0.717, 1.165) is 29.9 Å². The minimum Gasteiger partial charge on any atom is -0.306 e. The molecule has 4 heteroatoms. The molecule has 27 heavy (non-hydrogen) atoms. The second kappa shape index (κ2) is 7.49. The Labute approximate surface area is 159 Å². The predicted molar refractivity (Wildman–Crippen MR) is 107 cm³/mol. The predicted octanol–water partition coefficient (Wildman–Crippen LogP) is 4.83. The second-order valence-electron chi connectivity index (χ2n) is 7.17. The van der Waals surface area contributed by atoms with Crippen LogP contribution in [0.4, 0.5) is 4.39 Å². The van der Waals surface area contributed by atoms with Gasteiger partial charge in [0.2, 0.25) is 0 Å². The van der Waals surface area contributed by atoms with Crippen molar-refractivity contribution >= 4 is 0 Å². The van der Waals surface area contributed by atoms with Gasteiger partial charge in [0, 0.05) is 29.8 Å². The first kappa shape index (κ1) is 17.7. The molecule has 0 aliphatic heterocycles. The van der Waals surface area contributed by atoms with Crippen LogP contribution in [0.15, 0.2) is 66.7 Å².